The molecular weight excluding hydrogens is 416 g/mol. The predicted molar refractivity (Wildman–Crippen MR) is 123 cm³/mol. The lowest BCUT2D eigenvalue weighted by atomic mass is 9.43. The summed E-state index contributed by atoms with van der Waals surface area (Å²) in [5.74, 6) is 0.395. The first-order valence-corrected chi connectivity index (χ1v) is 12.6. The highest BCUT2D eigenvalue weighted by atomic mass is 16.5. The van der Waals surface area contributed by atoms with Crippen molar-refractivity contribution in [2.24, 2.45) is 40.4 Å². The van der Waals surface area contributed by atoms with E-state index in [0.717, 1.165) is 19.3 Å². The zero-order chi connectivity index (χ0) is 23.5. The molecule has 0 heterocycles. The molecule has 0 saturated heterocycles. The summed E-state index contributed by atoms with van der Waals surface area (Å²) in [6.45, 7) is 6.10. The molecule has 0 radical (unpaired) electrons. The fourth-order valence-electron chi connectivity index (χ4n) is 8.67. The number of carbonyl (C=O) groups is 3. The maximum atomic E-state index is 13.1. The molecule has 0 aromatic heterocycles. The van der Waals surface area contributed by atoms with Crippen molar-refractivity contribution in [3.63, 3.8) is 0 Å². The van der Waals surface area contributed by atoms with Gasteiger partial charge in [-0.15, -0.1) is 0 Å². The second-order valence-corrected chi connectivity index (χ2v) is 11.7. The van der Waals surface area contributed by atoms with E-state index in [1.165, 1.54) is 0 Å². The fraction of sp³-hybridized carbons (Fsp3) is 0.679. The maximum absolute atomic E-state index is 13.1. The minimum Gasteiger partial charge on any atom is -0.458 e. The third-order valence-electron chi connectivity index (χ3n) is 10.2. The lowest BCUT2D eigenvalue weighted by Gasteiger charge is -2.63. The summed E-state index contributed by atoms with van der Waals surface area (Å²) in [6, 6.07) is 9.05. The molecule has 0 amide bonds. The van der Waals surface area contributed by atoms with Gasteiger partial charge in [-0.1, -0.05) is 32.0 Å². The number of esters is 1. The van der Waals surface area contributed by atoms with Gasteiger partial charge >= 0.3 is 5.97 Å². The standard InChI is InChI=1S/C28H36O5/c1-16(29)20-9-10-21-24-23(33-26(32)17-7-5-4-6-8-17)14-18-13-19(30)11-12-27(18,2)25(24)22(31)15-28(20,21)3/h4-8,18,20-25,31H,9-15H2,1-3H3/t18?,20?,21?,22-,23-,24?,25?,27+,28-/m1/s1. The molecule has 5 nitrogen and oxygen atoms in total. The molecular formula is C28H36O5. The van der Waals surface area contributed by atoms with Crippen LogP contribution in [-0.2, 0) is 14.3 Å². The molecule has 0 aliphatic heterocycles. The molecule has 4 aliphatic carbocycles. The minimum absolute atomic E-state index is 0.00483. The van der Waals surface area contributed by atoms with Gasteiger partial charge in [-0.05, 0) is 79.7 Å². The topological polar surface area (TPSA) is 80.7 Å². The first kappa shape index (κ1) is 22.8. The third-order valence-corrected chi connectivity index (χ3v) is 10.2. The summed E-state index contributed by atoms with van der Waals surface area (Å²) < 4.78 is 6.23. The van der Waals surface area contributed by atoms with Crippen molar-refractivity contribution in [1.29, 1.82) is 0 Å². The normalized spacial score (nSPS) is 44.4. The van der Waals surface area contributed by atoms with Gasteiger partial charge in [0, 0.05) is 24.7 Å². The number of hydrogen-bond acceptors (Lipinski definition) is 5. The molecule has 33 heavy (non-hydrogen) atoms. The quantitative estimate of drug-likeness (QED) is 0.678. The molecule has 1 N–H and O–H groups in total. The number of ether oxygens (including phenoxy) is 1. The van der Waals surface area contributed by atoms with E-state index < -0.39 is 6.10 Å². The van der Waals surface area contributed by atoms with E-state index in [0.29, 0.717) is 31.2 Å². The molecule has 178 valence electrons. The van der Waals surface area contributed by atoms with E-state index in [2.05, 4.69) is 13.8 Å². The average molecular weight is 453 g/mol. The number of aliphatic hydroxyl groups is 1. The lowest BCUT2D eigenvalue weighted by molar-refractivity contribution is -0.205. The average Bonchev–Trinajstić information content (AvgIpc) is 3.11. The van der Waals surface area contributed by atoms with Crippen LogP contribution in [0.1, 0.15) is 76.1 Å². The van der Waals surface area contributed by atoms with Crippen molar-refractivity contribution >= 4 is 17.5 Å². The van der Waals surface area contributed by atoms with Crippen LogP contribution in [-0.4, -0.2) is 34.9 Å². The number of aliphatic hydroxyl groups excluding tert-OH is 1. The van der Waals surface area contributed by atoms with Gasteiger partial charge in [0.1, 0.15) is 17.7 Å². The van der Waals surface area contributed by atoms with Crippen LogP contribution >= 0.6 is 0 Å². The highest BCUT2D eigenvalue weighted by Gasteiger charge is 2.66. The number of ketones is 2. The number of fused-ring (bicyclic) bond motifs is 5. The van der Waals surface area contributed by atoms with Gasteiger partial charge < -0.3 is 9.84 Å². The minimum atomic E-state index is -0.560. The molecule has 9 atom stereocenters. The molecule has 4 fully saturated rings. The molecule has 5 heteroatoms. The Bertz CT molecular complexity index is 956. The second-order valence-electron chi connectivity index (χ2n) is 11.7. The van der Waals surface area contributed by atoms with Crippen LogP contribution in [0.2, 0.25) is 0 Å². The smallest absolute Gasteiger partial charge is 0.338 e. The highest BCUT2D eigenvalue weighted by Crippen LogP contribution is 2.67. The van der Waals surface area contributed by atoms with Crippen molar-refractivity contribution in [3.8, 4) is 0 Å². The van der Waals surface area contributed by atoms with E-state index in [1.807, 2.05) is 18.2 Å². The largest absolute Gasteiger partial charge is 0.458 e. The number of rotatable bonds is 3. The third kappa shape index (κ3) is 3.50. The Labute approximate surface area is 196 Å². The Hall–Kier alpha value is -2.01. The van der Waals surface area contributed by atoms with Crippen LogP contribution < -0.4 is 0 Å². The Balaban J connectivity index is 1.54. The molecule has 1 aromatic rings. The zero-order valence-corrected chi connectivity index (χ0v) is 20.0. The summed E-state index contributed by atoms with van der Waals surface area (Å²) in [7, 11) is 0. The number of carbonyl (C=O) groups excluding carboxylic acids is 3. The maximum Gasteiger partial charge on any atom is 0.338 e. The van der Waals surface area contributed by atoms with Gasteiger partial charge in [-0.2, -0.15) is 0 Å². The number of Topliss-reactive ketones (excluding diaryl/α,β-unsaturated/α-hetero) is 2. The molecule has 4 saturated carbocycles. The van der Waals surface area contributed by atoms with Crippen LogP contribution in [0.3, 0.4) is 0 Å². The van der Waals surface area contributed by atoms with Gasteiger partial charge in [-0.25, -0.2) is 4.79 Å². The van der Waals surface area contributed by atoms with Gasteiger partial charge in [0.15, 0.2) is 0 Å². The Kier molecular flexibility index (Phi) is 5.55. The van der Waals surface area contributed by atoms with Gasteiger partial charge in [0.25, 0.3) is 0 Å². The van der Waals surface area contributed by atoms with E-state index in [9.17, 15) is 19.5 Å². The van der Waals surface area contributed by atoms with Crippen LogP contribution in [0, 0.1) is 40.4 Å². The van der Waals surface area contributed by atoms with Crippen LogP contribution in [0.25, 0.3) is 0 Å². The second kappa shape index (κ2) is 8.04. The number of benzene rings is 1. The molecule has 4 aliphatic rings. The van der Waals surface area contributed by atoms with Crippen LogP contribution in [0.5, 0.6) is 0 Å². The first-order valence-electron chi connectivity index (χ1n) is 12.6. The summed E-state index contributed by atoms with van der Waals surface area (Å²) in [6.07, 6.45) is 3.97. The van der Waals surface area contributed by atoms with Gasteiger partial charge in [0.2, 0.25) is 0 Å². The SMILES string of the molecule is CC(=O)C1CCC2C3C([C@H](O)C[C@]12C)[C@@]1(C)CCC(=O)CC1C[C@H]3OC(=O)c1ccccc1. The summed E-state index contributed by atoms with van der Waals surface area (Å²) >= 11 is 0. The van der Waals surface area contributed by atoms with Crippen molar-refractivity contribution in [2.45, 2.75) is 77.9 Å². The monoisotopic (exact) mass is 452 g/mol. The van der Waals surface area contributed by atoms with Crippen molar-refractivity contribution in [1.82, 2.24) is 0 Å². The Morgan fingerprint density at radius 2 is 1.82 bits per heavy atom. The van der Waals surface area contributed by atoms with Crippen molar-refractivity contribution in [2.75, 3.05) is 0 Å². The van der Waals surface area contributed by atoms with E-state index >= 15 is 0 Å². The zero-order valence-electron chi connectivity index (χ0n) is 20.0. The van der Waals surface area contributed by atoms with E-state index in [1.54, 1.807) is 19.1 Å². The van der Waals surface area contributed by atoms with E-state index in [-0.39, 0.29) is 64.1 Å². The molecule has 1 aromatic carbocycles. The van der Waals surface area contributed by atoms with Crippen LogP contribution in [0.4, 0.5) is 0 Å². The Morgan fingerprint density at radius 3 is 2.52 bits per heavy atom. The molecule has 0 spiro atoms. The van der Waals surface area contributed by atoms with Crippen molar-refractivity contribution in [3.05, 3.63) is 35.9 Å². The van der Waals surface area contributed by atoms with E-state index in [4.69, 9.17) is 4.74 Å². The molecule has 5 unspecified atom stereocenters. The lowest BCUT2D eigenvalue weighted by Crippen LogP contribution is -2.63. The number of hydrogen-bond donors (Lipinski definition) is 1. The van der Waals surface area contributed by atoms with Crippen LogP contribution in [0.15, 0.2) is 30.3 Å². The predicted octanol–water partition coefficient (Wildman–Crippen LogP) is 4.61. The molecule has 0 bridgehead atoms. The summed E-state index contributed by atoms with van der Waals surface area (Å²) in [5.41, 5.74) is 0.0927. The molecule has 5 rings (SSSR count). The first-order chi connectivity index (χ1) is 15.6. The van der Waals surface area contributed by atoms with Gasteiger partial charge in [-0.3, -0.25) is 9.59 Å². The van der Waals surface area contributed by atoms with Gasteiger partial charge in [0.05, 0.1) is 11.7 Å². The Morgan fingerprint density at radius 1 is 1.09 bits per heavy atom. The summed E-state index contributed by atoms with van der Waals surface area (Å²) in [4.78, 5) is 38.0. The fourth-order valence-corrected chi connectivity index (χ4v) is 8.67. The summed E-state index contributed by atoms with van der Waals surface area (Å²) in [5, 5.41) is 11.6. The highest BCUT2D eigenvalue weighted by molar-refractivity contribution is 5.89. The van der Waals surface area contributed by atoms with Crippen molar-refractivity contribution < 1.29 is 24.2 Å².